The molecule has 1 aromatic heterocycles. The zero-order valence-corrected chi connectivity index (χ0v) is 40.3. The first kappa shape index (κ1) is 55.4. The van der Waals surface area contributed by atoms with Gasteiger partial charge in [0.25, 0.3) is 27.7 Å². The van der Waals surface area contributed by atoms with E-state index < -0.39 is 128 Å². The third-order valence-electron chi connectivity index (χ3n) is 10.7. The lowest BCUT2D eigenvalue weighted by molar-refractivity contribution is -0.144. The molecule has 4 rings (SSSR count). The third-order valence-corrected chi connectivity index (χ3v) is 12.9. The molecule has 20 nitrogen and oxygen atoms in total. The number of sulfonamides is 1. The van der Waals surface area contributed by atoms with E-state index in [4.69, 9.17) is 27.9 Å². The van der Waals surface area contributed by atoms with Gasteiger partial charge in [-0.15, -0.1) is 0 Å². The average molecular weight is 1030 g/mol. The predicted octanol–water partition coefficient (Wildman–Crippen LogP) is 2.76. The molecule has 6 atom stereocenters. The van der Waals surface area contributed by atoms with E-state index in [0.29, 0.717) is 6.42 Å². The van der Waals surface area contributed by atoms with Crippen molar-refractivity contribution in [2.75, 3.05) is 20.2 Å². The molecule has 374 valence electrons. The second-order valence-corrected chi connectivity index (χ2v) is 18.8. The number of rotatable bonds is 23. The van der Waals surface area contributed by atoms with Gasteiger partial charge in [0.2, 0.25) is 29.9 Å². The first-order valence-electron chi connectivity index (χ1n) is 21.4. The van der Waals surface area contributed by atoms with Crippen LogP contribution in [0.15, 0.2) is 66.0 Å². The highest BCUT2D eigenvalue weighted by Crippen LogP contribution is 2.30. The number of ketones is 1. The van der Waals surface area contributed by atoms with Crippen LogP contribution in [-0.4, -0.2) is 127 Å². The zero-order valence-electron chi connectivity index (χ0n) is 38.0. The Morgan fingerprint density at radius 1 is 0.913 bits per heavy atom. The van der Waals surface area contributed by atoms with E-state index in [-0.39, 0.29) is 42.6 Å². The van der Waals surface area contributed by atoms with Crippen LogP contribution in [-0.2, 0) is 54.9 Å². The standard InChI is InChI=1S/C44H52Cl2F2N8O12S/c1-6-24(4)37(54-39(59)31(14-23(2)3)53-40(60)32-19-49-12-13-50-32)43(63)56-21-26(68-22-25-10-8-7-9-11-25)15-33(56)41(61)52-30(18-35(47)48)38(58)42(62)51-20-36(57)55-69(65,66)34-16-27(44(64)67-5)28(45)17-29(34)46/h7-13,16-17,19,23-24,26,30-31,33,35,37H,6,14-15,18,20-22H2,1-5H3,(H,51,62)(H,52,61)(H,53,60)(H,54,59)(H,55,57)/t24-,26-,30+,31+,33+,37+/m1/s1. The molecule has 1 aliphatic heterocycles. The first-order chi connectivity index (χ1) is 32.6. The molecular formula is C44H52Cl2F2N8O12S. The highest BCUT2D eigenvalue weighted by molar-refractivity contribution is 7.90. The number of carbonyl (C=O) groups excluding carboxylic acids is 8. The van der Waals surface area contributed by atoms with E-state index in [1.54, 1.807) is 48.9 Å². The molecular weight excluding hydrogens is 973 g/mol. The first-order valence-corrected chi connectivity index (χ1v) is 23.7. The summed E-state index contributed by atoms with van der Waals surface area (Å²) < 4.78 is 66.2. The van der Waals surface area contributed by atoms with E-state index in [2.05, 4.69) is 30.7 Å². The summed E-state index contributed by atoms with van der Waals surface area (Å²) in [4.78, 5) is 115. The second kappa shape index (κ2) is 25.4. The number of hydrogen-bond donors (Lipinski definition) is 5. The molecule has 0 radical (unpaired) electrons. The van der Waals surface area contributed by atoms with Gasteiger partial charge in [-0.2, -0.15) is 0 Å². The fraction of sp³-hybridized carbons (Fsp3) is 0.455. The van der Waals surface area contributed by atoms with Gasteiger partial charge in [0.05, 0.1) is 48.2 Å². The van der Waals surface area contributed by atoms with Gasteiger partial charge in [-0.25, -0.2) is 31.7 Å². The van der Waals surface area contributed by atoms with E-state index >= 15 is 0 Å². The van der Waals surface area contributed by atoms with Crippen molar-refractivity contribution < 1.29 is 65.0 Å². The molecule has 1 fully saturated rings. The molecule has 0 saturated carbocycles. The number of ether oxygens (including phenoxy) is 2. The van der Waals surface area contributed by atoms with Gasteiger partial charge < -0.3 is 35.6 Å². The Balaban J connectivity index is 1.55. The van der Waals surface area contributed by atoms with Crippen molar-refractivity contribution in [2.45, 2.75) is 102 Å². The van der Waals surface area contributed by atoms with Crippen LogP contribution in [0.4, 0.5) is 8.78 Å². The summed E-state index contributed by atoms with van der Waals surface area (Å²) in [7, 11) is -3.86. The van der Waals surface area contributed by atoms with Gasteiger partial charge in [0.1, 0.15) is 34.8 Å². The summed E-state index contributed by atoms with van der Waals surface area (Å²) in [6.45, 7) is 5.67. The predicted molar refractivity (Wildman–Crippen MR) is 243 cm³/mol. The molecule has 0 unspecified atom stereocenters. The average Bonchev–Trinajstić information content (AvgIpc) is 3.75. The summed E-state index contributed by atoms with van der Waals surface area (Å²) in [5.41, 5.74) is 0.268. The minimum atomic E-state index is -4.86. The van der Waals surface area contributed by atoms with E-state index in [0.717, 1.165) is 29.7 Å². The van der Waals surface area contributed by atoms with Crippen molar-refractivity contribution >= 4 is 80.4 Å². The molecule has 25 heteroatoms. The van der Waals surface area contributed by atoms with Crippen molar-refractivity contribution in [1.82, 2.24) is 40.9 Å². The number of carbonyl (C=O) groups is 8. The van der Waals surface area contributed by atoms with Crippen molar-refractivity contribution in [1.29, 1.82) is 0 Å². The zero-order chi connectivity index (χ0) is 51.2. The van der Waals surface area contributed by atoms with Gasteiger partial charge in [0, 0.05) is 31.8 Å². The van der Waals surface area contributed by atoms with Crippen LogP contribution in [0, 0.1) is 11.8 Å². The topological polar surface area (TPSA) is 278 Å². The Bertz CT molecular complexity index is 2480. The Morgan fingerprint density at radius 2 is 1.61 bits per heavy atom. The summed E-state index contributed by atoms with van der Waals surface area (Å²) >= 11 is 12.0. The lowest BCUT2D eigenvalue weighted by Crippen LogP contribution is -2.59. The lowest BCUT2D eigenvalue weighted by atomic mass is 9.96. The quantitative estimate of drug-likeness (QED) is 0.0675. The normalized spacial score (nSPS) is 16.4. The molecule has 0 spiro atoms. The van der Waals surface area contributed by atoms with Gasteiger partial charge in [-0.05, 0) is 36.0 Å². The van der Waals surface area contributed by atoms with Crippen molar-refractivity contribution in [3.8, 4) is 0 Å². The molecule has 2 heterocycles. The molecule has 69 heavy (non-hydrogen) atoms. The molecule has 2 aromatic carbocycles. The highest BCUT2D eigenvalue weighted by Gasteiger charge is 2.45. The molecule has 0 aliphatic carbocycles. The number of esters is 1. The molecule has 5 N–H and O–H groups in total. The van der Waals surface area contributed by atoms with Gasteiger partial charge in [-0.1, -0.05) is 87.6 Å². The lowest BCUT2D eigenvalue weighted by Gasteiger charge is -2.33. The molecule has 1 saturated heterocycles. The Morgan fingerprint density at radius 3 is 2.22 bits per heavy atom. The molecule has 3 aromatic rings. The number of hydrogen-bond acceptors (Lipinski definition) is 14. The van der Waals surface area contributed by atoms with E-state index in [9.17, 15) is 55.6 Å². The smallest absolute Gasteiger partial charge is 0.339 e. The minimum absolute atomic E-state index is 0.0403. The largest absolute Gasteiger partial charge is 0.465 e. The fourth-order valence-corrected chi connectivity index (χ4v) is 8.83. The maximum Gasteiger partial charge on any atom is 0.339 e. The van der Waals surface area contributed by atoms with Crippen LogP contribution < -0.4 is 26.0 Å². The van der Waals surface area contributed by atoms with Gasteiger partial charge in [0.15, 0.2) is 0 Å². The Labute approximate surface area is 406 Å². The minimum Gasteiger partial charge on any atom is -0.465 e. The highest BCUT2D eigenvalue weighted by atomic mass is 35.5. The molecule has 1 aliphatic rings. The molecule has 0 bridgehead atoms. The second-order valence-electron chi connectivity index (χ2n) is 16.3. The SMILES string of the molecule is CC[C@@H](C)[C@H](NC(=O)[C@H](CC(C)C)NC(=O)c1cnccn1)C(=O)N1C[C@H](OCc2ccccc2)C[C@H]1C(=O)N[C@@H](CC(F)F)C(=O)C(=O)NCC(=O)NS(=O)(=O)c1cc(C(=O)OC)c(Cl)cc1Cl. The van der Waals surface area contributed by atoms with Crippen LogP contribution in [0.25, 0.3) is 0 Å². The number of halogens is 4. The van der Waals surface area contributed by atoms with Crippen LogP contribution in [0.1, 0.15) is 79.8 Å². The Kier molecular flexibility index (Phi) is 20.4. The summed E-state index contributed by atoms with van der Waals surface area (Å²) in [5.74, 6) is -9.82. The van der Waals surface area contributed by atoms with Crippen LogP contribution in [0.3, 0.4) is 0 Å². The number of benzene rings is 2. The molecule has 6 amide bonds. The van der Waals surface area contributed by atoms with Crippen LogP contribution >= 0.6 is 23.2 Å². The monoisotopic (exact) mass is 1020 g/mol. The van der Waals surface area contributed by atoms with Gasteiger partial charge in [-0.3, -0.25) is 38.5 Å². The number of aromatic nitrogens is 2. The van der Waals surface area contributed by atoms with Crippen LogP contribution in [0.5, 0.6) is 0 Å². The number of alkyl halides is 2. The van der Waals surface area contributed by atoms with Crippen molar-refractivity contribution in [3.63, 3.8) is 0 Å². The third kappa shape index (κ3) is 15.7. The van der Waals surface area contributed by atoms with Gasteiger partial charge >= 0.3 is 5.97 Å². The number of nitrogens with one attached hydrogen (secondary N) is 5. The maximum absolute atomic E-state index is 14.6. The number of likely N-dealkylation sites (tertiary alicyclic amines) is 1. The Hall–Kier alpha value is -6.17. The van der Waals surface area contributed by atoms with Crippen LogP contribution in [0.2, 0.25) is 10.0 Å². The summed E-state index contributed by atoms with van der Waals surface area (Å²) in [6.07, 6.45) is -1.36. The summed E-state index contributed by atoms with van der Waals surface area (Å²) in [5, 5.41) is 8.57. The fourth-order valence-electron chi connectivity index (χ4n) is 6.99. The van der Waals surface area contributed by atoms with E-state index in [1.165, 1.54) is 18.6 Å². The number of Topliss-reactive ketones (excluding diaryl/α,β-unsaturated/α-hetero) is 1. The van der Waals surface area contributed by atoms with E-state index in [1.807, 2.05) is 19.2 Å². The number of methoxy groups -OCH3 is 1. The van der Waals surface area contributed by atoms with Crippen molar-refractivity contribution in [2.24, 2.45) is 11.8 Å². The maximum atomic E-state index is 14.6. The summed E-state index contributed by atoms with van der Waals surface area (Å²) in [6, 6.07) is 4.33. The number of amides is 6. The van der Waals surface area contributed by atoms with Crippen molar-refractivity contribution in [3.05, 3.63) is 87.9 Å². The number of nitrogens with zero attached hydrogens (tertiary/aromatic N) is 3.